The number of rotatable bonds is 5. The number of morpholine rings is 1. The number of ether oxygens (including phenoxy) is 1. The molecule has 0 amide bonds. The molecule has 3 rings (SSSR count). The average Bonchev–Trinajstić information content (AvgIpc) is 2.65. The van der Waals surface area contributed by atoms with Crippen molar-refractivity contribution in [2.45, 2.75) is 23.6 Å². The summed E-state index contributed by atoms with van der Waals surface area (Å²) in [6.07, 6.45) is 0. The zero-order valence-electron chi connectivity index (χ0n) is 15.5. The number of halogens is 1. The van der Waals surface area contributed by atoms with Crippen molar-refractivity contribution in [2.75, 3.05) is 31.0 Å². The molecule has 0 spiro atoms. The van der Waals surface area contributed by atoms with E-state index in [4.69, 9.17) is 16.3 Å². The first-order valence-corrected chi connectivity index (χ1v) is 11.9. The molecule has 0 saturated carbocycles. The predicted octanol–water partition coefficient (Wildman–Crippen LogP) is 2.78. The van der Waals surface area contributed by atoms with Crippen LogP contribution in [0.5, 0.6) is 0 Å². The van der Waals surface area contributed by atoms with Gasteiger partial charge in [-0.05, 0) is 49.2 Å². The van der Waals surface area contributed by atoms with Gasteiger partial charge in [0.25, 0.3) is 10.0 Å². The lowest BCUT2D eigenvalue weighted by atomic mass is 10.2. The van der Waals surface area contributed by atoms with E-state index in [0.717, 1.165) is 5.56 Å². The molecule has 7 nitrogen and oxygen atoms in total. The van der Waals surface area contributed by atoms with Gasteiger partial charge in [0.05, 0.1) is 28.8 Å². The first kappa shape index (κ1) is 21.1. The molecule has 28 heavy (non-hydrogen) atoms. The van der Waals surface area contributed by atoms with Crippen molar-refractivity contribution in [1.82, 2.24) is 4.31 Å². The van der Waals surface area contributed by atoms with Crippen LogP contribution in [-0.4, -0.2) is 47.4 Å². The van der Waals surface area contributed by atoms with Gasteiger partial charge in [-0.3, -0.25) is 4.72 Å². The van der Waals surface area contributed by atoms with E-state index in [0.29, 0.717) is 18.8 Å². The zero-order valence-corrected chi connectivity index (χ0v) is 17.9. The van der Waals surface area contributed by atoms with E-state index in [1.54, 1.807) is 26.0 Å². The number of nitrogens with one attached hydrogen (secondary N) is 1. The van der Waals surface area contributed by atoms with Gasteiger partial charge in [-0.25, -0.2) is 16.8 Å². The minimum Gasteiger partial charge on any atom is -0.379 e. The van der Waals surface area contributed by atoms with Gasteiger partial charge < -0.3 is 4.74 Å². The number of benzene rings is 2. The van der Waals surface area contributed by atoms with Gasteiger partial charge in [0.15, 0.2) is 0 Å². The van der Waals surface area contributed by atoms with E-state index in [-0.39, 0.29) is 33.6 Å². The summed E-state index contributed by atoms with van der Waals surface area (Å²) in [6.45, 7) is 4.54. The van der Waals surface area contributed by atoms with Gasteiger partial charge in [-0.2, -0.15) is 4.31 Å². The number of anilines is 1. The monoisotopic (exact) mass is 444 g/mol. The van der Waals surface area contributed by atoms with Crippen LogP contribution in [-0.2, 0) is 24.8 Å². The summed E-state index contributed by atoms with van der Waals surface area (Å²) in [5.41, 5.74) is 1.52. The van der Waals surface area contributed by atoms with E-state index in [9.17, 15) is 16.8 Å². The van der Waals surface area contributed by atoms with Crippen molar-refractivity contribution >= 4 is 37.3 Å². The van der Waals surface area contributed by atoms with E-state index < -0.39 is 20.0 Å². The van der Waals surface area contributed by atoms with Crippen LogP contribution in [0.15, 0.2) is 46.2 Å². The maximum atomic E-state index is 12.9. The molecule has 10 heteroatoms. The first-order valence-electron chi connectivity index (χ1n) is 8.59. The molecule has 0 aromatic heterocycles. The van der Waals surface area contributed by atoms with Crippen molar-refractivity contribution in [1.29, 1.82) is 0 Å². The van der Waals surface area contributed by atoms with Crippen molar-refractivity contribution in [3.05, 3.63) is 52.5 Å². The summed E-state index contributed by atoms with van der Waals surface area (Å²) in [6, 6.07) is 9.16. The minimum atomic E-state index is -3.89. The number of nitrogens with zero attached hydrogens (tertiary/aromatic N) is 1. The Hall–Kier alpha value is -1.65. The van der Waals surface area contributed by atoms with Crippen molar-refractivity contribution in [2.24, 2.45) is 0 Å². The van der Waals surface area contributed by atoms with E-state index in [1.165, 1.54) is 22.5 Å². The van der Waals surface area contributed by atoms with Crippen LogP contribution in [0.25, 0.3) is 0 Å². The largest absolute Gasteiger partial charge is 0.379 e. The highest BCUT2D eigenvalue weighted by Gasteiger charge is 2.29. The van der Waals surface area contributed by atoms with Crippen LogP contribution in [0.1, 0.15) is 11.1 Å². The van der Waals surface area contributed by atoms with Gasteiger partial charge in [-0.1, -0.05) is 23.7 Å². The fourth-order valence-electron chi connectivity index (χ4n) is 2.90. The Balaban J connectivity index is 1.96. The summed E-state index contributed by atoms with van der Waals surface area (Å²) in [7, 11) is -7.75. The second kappa shape index (κ2) is 8.00. The predicted molar refractivity (Wildman–Crippen MR) is 108 cm³/mol. The number of sulfonamides is 2. The molecule has 2 aromatic carbocycles. The van der Waals surface area contributed by atoms with Gasteiger partial charge in [0, 0.05) is 13.1 Å². The van der Waals surface area contributed by atoms with Crippen LogP contribution in [0.4, 0.5) is 5.69 Å². The Bertz CT molecular complexity index is 1090. The Morgan fingerprint density at radius 1 is 0.964 bits per heavy atom. The third kappa shape index (κ3) is 4.33. The van der Waals surface area contributed by atoms with E-state index in [1.807, 2.05) is 6.07 Å². The molecule has 1 fully saturated rings. The van der Waals surface area contributed by atoms with Gasteiger partial charge in [-0.15, -0.1) is 0 Å². The molecular formula is C18H21ClN2O5S2. The molecule has 1 N–H and O–H groups in total. The summed E-state index contributed by atoms with van der Waals surface area (Å²) >= 11 is 6.12. The molecule has 152 valence electrons. The molecule has 2 aromatic rings. The summed E-state index contributed by atoms with van der Waals surface area (Å²) in [5, 5.41) is 0.0289. The SMILES string of the molecule is Cc1ccc(C)c(S(=O)(=O)Nc2ccc(Cl)c(S(=O)(=O)N3CCOCC3)c2)c1. The summed E-state index contributed by atoms with van der Waals surface area (Å²) in [4.78, 5) is -0.00253. The maximum Gasteiger partial charge on any atom is 0.262 e. The zero-order chi connectivity index (χ0) is 20.5. The Morgan fingerprint density at radius 3 is 2.32 bits per heavy atom. The highest BCUT2D eigenvalue weighted by Crippen LogP contribution is 2.29. The van der Waals surface area contributed by atoms with Gasteiger partial charge in [0.2, 0.25) is 10.0 Å². The van der Waals surface area contributed by atoms with Crippen molar-refractivity contribution in [3.63, 3.8) is 0 Å². The highest BCUT2D eigenvalue weighted by molar-refractivity contribution is 7.92. The third-order valence-corrected chi connectivity index (χ3v) is 8.31. The normalized spacial score (nSPS) is 16.1. The highest BCUT2D eigenvalue weighted by atomic mass is 35.5. The third-order valence-electron chi connectivity index (χ3n) is 4.40. The van der Waals surface area contributed by atoms with Crippen LogP contribution in [0, 0.1) is 13.8 Å². The van der Waals surface area contributed by atoms with Crippen LogP contribution < -0.4 is 4.72 Å². The second-order valence-corrected chi connectivity index (χ2v) is 10.5. The molecule has 0 aliphatic carbocycles. The molecule has 0 unspecified atom stereocenters. The standard InChI is InChI=1S/C18H21ClN2O5S2/c1-13-3-4-14(2)17(11-13)27(22,23)20-15-5-6-16(19)18(12-15)28(24,25)21-7-9-26-10-8-21/h3-6,11-12,20H,7-10H2,1-2H3. The van der Waals surface area contributed by atoms with Crippen LogP contribution >= 0.6 is 11.6 Å². The molecule has 1 saturated heterocycles. The molecule has 0 radical (unpaired) electrons. The lowest BCUT2D eigenvalue weighted by molar-refractivity contribution is 0.0730. The number of hydrogen-bond acceptors (Lipinski definition) is 5. The van der Waals surface area contributed by atoms with Crippen molar-refractivity contribution in [3.8, 4) is 0 Å². The molecule has 1 heterocycles. The molecule has 0 atom stereocenters. The fourth-order valence-corrected chi connectivity index (χ4v) is 6.19. The fraction of sp³-hybridized carbons (Fsp3) is 0.333. The van der Waals surface area contributed by atoms with Gasteiger partial charge >= 0.3 is 0 Å². The molecule has 1 aliphatic heterocycles. The molecule has 0 bridgehead atoms. The summed E-state index contributed by atoms with van der Waals surface area (Å²) in [5.74, 6) is 0. The van der Waals surface area contributed by atoms with Gasteiger partial charge in [0.1, 0.15) is 4.90 Å². The Labute approximate surface area is 170 Å². The smallest absolute Gasteiger partial charge is 0.262 e. The topological polar surface area (TPSA) is 92.8 Å². The maximum absolute atomic E-state index is 12.9. The Morgan fingerprint density at radius 2 is 1.64 bits per heavy atom. The van der Waals surface area contributed by atoms with E-state index >= 15 is 0 Å². The first-order chi connectivity index (χ1) is 13.1. The second-order valence-electron chi connectivity index (χ2n) is 6.54. The minimum absolute atomic E-state index is 0.0289. The Kier molecular flexibility index (Phi) is 6.02. The number of aryl methyl sites for hydroxylation is 2. The lowest BCUT2D eigenvalue weighted by Crippen LogP contribution is -2.40. The van der Waals surface area contributed by atoms with E-state index in [2.05, 4.69) is 4.72 Å². The lowest BCUT2D eigenvalue weighted by Gasteiger charge is -2.26. The van der Waals surface area contributed by atoms with Crippen LogP contribution in [0.3, 0.4) is 0 Å². The number of hydrogen-bond donors (Lipinski definition) is 1. The van der Waals surface area contributed by atoms with Crippen molar-refractivity contribution < 1.29 is 21.6 Å². The average molecular weight is 445 g/mol. The molecular weight excluding hydrogens is 424 g/mol. The molecule has 1 aliphatic rings. The summed E-state index contributed by atoms with van der Waals surface area (Å²) < 4.78 is 60.3. The quantitative estimate of drug-likeness (QED) is 0.765. The van der Waals surface area contributed by atoms with Crippen LogP contribution in [0.2, 0.25) is 5.02 Å².